The van der Waals surface area contributed by atoms with E-state index in [-0.39, 0.29) is 5.91 Å². The molecule has 0 unspecified atom stereocenters. The first-order chi connectivity index (χ1) is 8.34. The van der Waals surface area contributed by atoms with E-state index in [4.69, 9.17) is 0 Å². The van der Waals surface area contributed by atoms with Gasteiger partial charge < -0.3 is 4.57 Å². The van der Waals surface area contributed by atoms with Crippen molar-refractivity contribution in [1.29, 1.82) is 0 Å². The lowest BCUT2D eigenvalue weighted by Gasteiger charge is -2.01. The summed E-state index contributed by atoms with van der Waals surface area (Å²) < 4.78 is 3.48. The first kappa shape index (κ1) is 8.69. The molecule has 2 aromatic heterocycles. The summed E-state index contributed by atoms with van der Waals surface area (Å²) >= 11 is 0. The highest BCUT2D eigenvalue weighted by Gasteiger charge is 2.22. The van der Waals surface area contributed by atoms with Crippen LogP contribution in [0.1, 0.15) is 4.79 Å². The van der Waals surface area contributed by atoms with Crippen LogP contribution in [0.4, 0.5) is 0 Å². The van der Waals surface area contributed by atoms with Gasteiger partial charge in [0.1, 0.15) is 12.9 Å². The van der Waals surface area contributed by atoms with Gasteiger partial charge in [0.2, 0.25) is 0 Å². The van der Waals surface area contributed by atoms with Crippen molar-refractivity contribution < 1.29 is 4.79 Å². The fourth-order valence-corrected chi connectivity index (χ4v) is 2.40. The topological polar surface area (TPSA) is 52.7 Å². The maximum atomic E-state index is 12.0. The molecule has 1 aliphatic rings. The van der Waals surface area contributed by atoms with E-state index < -0.39 is 0 Å². The Kier molecular flexibility index (Phi) is 1.44. The second-order valence-electron chi connectivity index (χ2n) is 4.11. The second-order valence-corrected chi connectivity index (χ2v) is 4.11. The molecule has 0 radical (unpaired) electrons. The highest BCUT2D eigenvalue weighted by Crippen LogP contribution is 2.30. The highest BCUT2D eigenvalue weighted by atomic mass is 16.2. The molecule has 0 amide bonds. The van der Waals surface area contributed by atoms with Crippen LogP contribution in [0.3, 0.4) is 0 Å². The van der Waals surface area contributed by atoms with Crippen molar-refractivity contribution in [3.8, 4) is 11.4 Å². The molecule has 1 aliphatic heterocycles. The summed E-state index contributed by atoms with van der Waals surface area (Å²) in [6, 6.07) is 7.98. The first-order valence-electron chi connectivity index (χ1n) is 5.36. The van der Waals surface area contributed by atoms with E-state index in [1.807, 2.05) is 35.0 Å². The second kappa shape index (κ2) is 2.82. The first-order valence-corrected chi connectivity index (χ1v) is 5.36. The van der Waals surface area contributed by atoms with Crippen molar-refractivity contribution in [1.82, 2.24) is 19.3 Å². The van der Waals surface area contributed by atoms with E-state index in [9.17, 15) is 4.79 Å². The van der Waals surface area contributed by atoms with Gasteiger partial charge in [0, 0.05) is 17.1 Å². The zero-order valence-electron chi connectivity index (χ0n) is 8.87. The monoisotopic (exact) mass is 224 g/mol. The van der Waals surface area contributed by atoms with Crippen molar-refractivity contribution in [2.24, 2.45) is 0 Å². The van der Waals surface area contributed by atoms with E-state index in [1.54, 1.807) is 0 Å². The molecule has 1 aromatic carbocycles. The van der Waals surface area contributed by atoms with Gasteiger partial charge in [-0.05, 0) is 12.1 Å². The number of hydrogen-bond donors (Lipinski definition) is 0. The van der Waals surface area contributed by atoms with E-state index in [2.05, 4.69) is 10.2 Å². The quantitative estimate of drug-likeness (QED) is 0.582. The van der Waals surface area contributed by atoms with E-state index in [0.29, 0.717) is 12.4 Å². The van der Waals surface area contributed by atoms with Crippen LogP contribution in [0, 0.1) is 0 Å². The van der Waals surface area contributed by atoms with Crippen molar-refractivity contribution in [3.63, 3.8) is 0 Å². The highest BCUT2D eigenvalue weighted by molar-refractivity contribution is 5.98. The van der Waals surface area contributed by atoms with Gasteiger partial charge in [-0.15, -0.1) is 10.2 Å². The van der Waals surface area contributed by atoms with Crippen LogP contribution in [-0.4, -0.2) is 25.2 Å². The van der Waals surface area contributed by atoms with Gasteiger partial charge in [-0.2, -0.15) is 0 Å². The summed E-state index contributed by atoms with van der Waals surface area (Å²) in [7, 11) is 0. The molecule has 5 heteroatoms. The third-order valence-electron chi connectivity index (χ3n) is 3.15. The molecular weight excluding hydrogens is 216 g/mol. The standard InChI is InChI=1S/C12H8N4O/c17-10-6-15-5-4-8-2-1-3-9(11(8)15)12-14-13-7-16(10)12/h1-5,7H,6H2. The Balaban J connectivity index is 2.23. The minimum atomic E-state index is -0.0151. The smallest absolute Gasteiger partial charge is 0.253 e. The number of aromatic nitrogens is 4. The van der Waals surface area contributed by atoms with Gasteiger partial charge in [-0.1, -0.05) is 12.1 Å². The van der Waals surface area contributed by atoms with Crippen LogP contribution in [0.25, 0.3) is 22.3 Å². The Labute approximate surface area is 96.3 Å². The summed E-state index contributed by atoms with van der Waals surface area (Å²) in [5, 5.41) is 8.99. The van der Waals surface area contributed by atoms with Crippen LogP contribution in [-0.2, 0) is 6.54 Å². The minimum Gasteiger partial charge on any atom is -0.337 e. The number of hydrogen-bond acceptors (Lipinski definition) is 3. The fourth-order valence-electron chi connectivity index (χ4n) is 2.40. The van der Waals surface area contributed by atoms with Gasteiger partial charge in [0.15, 0.2) is 5.82 Å². The molecule has 0 N–H and O–H groups in total. The van der Waals surface area contributed by atoms with Crippen molar-refractivity contribution in [2.45, 2.75) is 6.54 Å². The van der Waals surface area contributed by atoms with Gasteiger partial charge in [0.05, 0.1) is 5.52 Å². The van der Waals surface area contributed by atoms with Crippen molar-refractivity contribution in [2.75, 3.05) is 0 Å². The Bertz CT molecular complexity index is 753. The summed E-state index contributed by atoms with van der Waals surface area (Å²) in [4.78, 5) is 12.0. The van der Waals surface area contributed by atoms with Gasteiger partial charge >= 0.3 is 0 Å². The Hall–Kier alpha value is -2.43. The molecule has 4 rings (SSSR count). The van der Waals surface area contributed by atoms with Gasteiger partial charge in [0.25, 0.3) is 5.91 Å². The maximum absolute atomic E-state index is 12.0. The van der Waals surface area contributed by atoms with Crippen LogP contribution in [0.5, 0.6) is 0 Å². The third kappa shape index (κ3) is 1.00. The van der Waals surface area contributed by atoms with Gasteiger partial charge in [-0.3, -0.25) is 4.79 Å². The predicted molar refractivity (Wildman–Crippen MR) is 61.6 cm³/mol. The number of carbonyl (C=O) groups is 1. The Morgan fingerprint density at radius 1 is 1.24 bits per heavy atom. The Morgan fingerprint density at radius 3 is 3.12 bits per heavy atom. The lowest BCUT2D eigenvalue weighted by Crippen LogP contribution is -2.14. The molecule has 17 heavy (non-hydrogen) atoms. The minimum absolute atomic E-state index is 0.0151. The average molecular weight is 224 g/mol. The number of nitrogens with zero attached hydrogens (tertiary/aromatic N) is 4. The molecule has 0 spiro atoms. The molecule has 0 fully saturated rings. The predicted octanol–water partition coefficient (Wildman–Crippen LogP) is 1.55. The largest absolute Gasteiger partial charge is 0.337 e. The lowest BCUT2D eigenvalue weighted by molar-refractivity contribution is 0.0896. The molecule has 0 saturated carbocycles. The number of carbonyl (C=O) groups excluding carboxylic acids is 1. The number of fused-ring (bicyclic) bond motifs is 2. The molecule has 3 heterocycles. The third-order valence-corrected chi connectivity index (χ3v) is 3.15. The summed E-state index contributed by atoms with van der Waals surface area (Å²) in [5.74, 6) is 0.608. The molecule has 0 aliphatic carbocycles. The number of benzene rings is 1. The molecule has 0 atom stereocenters. The van der Waals surface area contributed by atoms with E-state index in [1.165, 1.54) is 10.9 Å². The van der Waals surface area contributed by atoms with Crippen LogP contribution in [0.2, 0.25) is 0 Å². The van der Waals surface area contributed by atoms with Crippen molar-refractivity contribution in [3.05, 3.63) is 36.8 Å². The summed E-state index contributed by atoms with van der Waals surface area (Å²) in [5.41, 5.74) is 2.00. The molecular formula is C12H8N4O. The molecule has 5 nitrogen and oxygen atoms in total. The number of para-hydroxylation sites is 1. The van der Waals surface area contributed by atoms with E-state index >= 15 is 0 Å². The van der Waals surface area contributed by atoms with Crippen LogP contribution >= 0.6 is 0 Å². The average Bonchev–Trinajstić information content (AvgIpc) is 2.93. The SMILES string of the molecule is O=C1Cn2ccc3cccc(c32)-c2nncn21. The summed E-state index contributed by atoms with van der Waals surface area (Å²) in [6.07, 6.45) is 3.41. The summed E-state index contributed by atoms with van der Waals surface area (Å²) in [6.45, 7) is 0.325. The Morgan fingerprint density at radius 2 is 2.18 bits per heavy atom. The van der Waals surface area contributed by atoms with Gasteiger partial charge in [-0.25, -0.2) is 4.57 Å². The van der Waals surface area contributed by atoms with Crippen molar-refractivity contribution >= 4 is 16.8 Å². The number of rotatable bonds is 0. The molecule has 3 aromatic rings. The lowest BCUT2D eigenvalue weighted by atomic mass is 10.1. The maximum Gasteiger partial charge on any atom is 0.253 e. The van der Waals surface area contributed by atoms with Crippen LogP contribution in [0.15, 0.2) is 36.8 Å². The zero-order valence-corrected chi connectivity index (χ0v) is 8.87. The molecule has 82 valence electrons. The normalized spacial score (nSPS) is 13.8. The molecule has 0 saturated heterocycles. The fraction of sp³-hybridized carbons (Fsp3) is 0.0833. The zero-order chi connectivity index (χ0) is 11.4. The van der Waals surface area contributed by atoms with E-state index in [0.717, 1.165) is 16.5 Å². The van der Waals surface area contributed by atoms with Crippen LogP contribution < -0.4 is 0 Å². The molecule has 0 bridgehead atoms.